The Balaban J connectivity index is 2.54. The molecule has 1 aliphatic heterocycles. The van der Waals surface area contributed by atoms with Gasteiger partial charge in [0.25, 0.3) is 0 Å². The van der Waals surface area contributed by atoms with Gasteiger partial charge in [-0.05, 0) is 19.8 Å². The number of likely N-dealkylation sites (tertiary alicyclic amines) is 1. The number of nitrogens with zero attached hydrogens (tertiary/aromatic N) is 1. The molecule has 2 N–H and O–H groups in total. The molecule has 3 nitrogen and oxygen atoms in total. The number of Topliss-reactive ketones (excluding diaryl/α,β-unsaturated/α-hetero) is 1. The van der Waals surface area contributed by atoms with Crippen LogP contribution in [0.5, 0.6) is 0 Å². The van der Waals surface area contributed by atoms with Crippen LogP contribution in [-0.4, -0.2) is 35.9 Å². The van der Waals surface area contributed by atoms with Gasteiger partial charge in [-0.25, -0.2) is 0 Å². The lowest BCUT2D eigenvalue weighted by molar-refractivity contribution is -0.119. The zero-order valence-corrected chi connectivity index (χ0v) is 8.20. The third-order valence-corrected chi connectivity index (χ3v) is 2.73. The zero-order valence-electron chi connectivity index (χ0n) is 8.20. The summed E-state index contributed by atoms with van der Waals surface area (Å²) in [5, 5.41) is 0. The average molecular weight is 182 g/mol. The van der Waals surface area contributed by atoms with Crippen LogP contribution in [0.25, 0.3) is 0 Å². The molecule has 3 heteroatoms. The van der Waals surface area contributed by atoms with E-state index >= 15 is 0 Å². The van der Waals surface area contributed by atoms with Crippen molar-refractivity contribution in [3.8, 4) is 0 Å². The van der Waals surface area contributed by atoms with Crippen LogP contribution in [0, 0.1) is 0 Å². The number of ketones is 1. The molecule has 1 fully saturated rings. The smallest absolute Gasteiger partial charge is 0.160 e. The van der Waals surface area contributed by atoms with Crippen LogP contribution in [0.4, 0.5) is 0 Å². The summed E-state index contributed by atoms with van der Waals surface area (Å²) in [6.45, 7) is 6.55. The van der Waals surface area contributed by atoms with E-state index in [0.717, 1.165) is 12.8 Å². The predicted octanol–water partition coefficient (Wildman–Crippen LogP) is 0.553. The molecule has 1 saturated heterocycles. The second kappa shape index (κ2) is 4.53. The van der Waals surface area contributed by atoms with Gasteiger partial charge in [0.2, 0.25) is 0 Å². The lowest BCUT2D eigenvalue weighted by atomic mass is 10.2. The van der Waals surface area contributed by atoms with Crippen LogP contribution in [0.1, 0.15) is 19.8 Å². The number of carbonyl (C=O) groups excluding carboxylic acids is 1. The maximum absolute atomic E-state index is 11.2. The van der Waals surface area contributed by atoms with E-state index in [0.29, 0.717) is 18.6 Å². The van der Waals surface area contributed by atoms with Gasteiger partial charge in [-0.2, -0.15) is 0 Å². The minimum atomic E-state index is 0.112. The molecule has 2 atom stereocenters. The van der Waals surface area contributed by atoms with Crippen LogP contribution < -0.4 is 5.73 Å². The van der Waals surface area contributed by atoms with Crippen molar-refractivity contribution in [1.29, 1.82) is 0 Å². The summed E-state index contributed by atoms with van der Waals surface area (Å²) in [6.07, 6.45) is 4.18. The average Bonchev–Trinajstić information content (AvgIpc) is 2.48. The van der Waals surface area contributed by atoms with E-state index in [2.05, 4.69) is 18.4 Å². The number of hydrogen-bond acceptors (Lipinski definition) is 3. The molecule has 2 unspecified atom stereocenters. The van der Waals surface area contributed by atoms with E-state index in [-0.39, 0.29) is 12.3 Å². The molecule has 74 valence electrons. The van der Waals surface area contributed by atoms with Crippen LogP contribution in [0.3, 0.4) is 0 Å². The third-order valence-electron chi connectivity index (χ3n) is 2.73. The molecular weight excluding hydrogens is 164 g/mol. The Morgan fingerprint density at radius 2 is 2.38 bits per heavy atom. The number of carbonyl (C=O) groups is 1. The largest absolute Gasteiger partial charge is 0.324 e. The predicted molar refractivity (Wildman–Crippen MR) is 53.4 cm³/mol. The molecule has 1 heterocycles. The SMILES string of the molecule is C=CC1CCC(C)N1CC(=O)CN. The van der Waals surface area contributed by atoms with E-state index in [4.69, 9.17) is 5.73 Å². The number of rotatable bonds is 4. The van der Waals surface area contributed by atoms with Gasteiger partial charge >= 0.3 is 0 Å². The maximum Gasteiger partial charge on any atom is 0.160 e. The topological polar surface area (TPSA) is 46.3 Å². The fourth-order valence-corrected chi connectivity index (χ4v) is 1.86. The Morgan fingerprint density at radius 1 is 1.69 bits per heavy atom. The van der Waals surface area contributed by atoms with Crippen LogP contribution >= 0.6 is 0 Å². The summed E-state index contributed by atoms with van der Waals surface area (Å²) in [5.74, 6) is 0.112. The summed E-state index contributed by atoms with van der Waals surface area (Å²) < 4.78 is 0. The van der Waals surface area contributed by atoms with Gasteiger partial charge in [0.15, 0.2) is 5.78 Å². The number of hydrogen-bond donors (Lipinski definition) is 1. The number of nitrogens with two attached hydrogens (primary N) is 1. The molecule has 0 radical (unpaired) electrons. The Morgan fingerprint density at radius 3 is 2.92 bits per heavy atom. The van der Waals surface area contributed by atoms with Crippen molar-refractivity contribution in [3.63, 3.8) is 0 Å². The van der Waals surface area contributed by atoms with Gasteiger partial charge in [-0.3, -0.25) is 9.69 Å². The quantitative estimate of drug-likeness (QED) is 0.646. The Labute approximate surface area is 79.6 Å². The van der Waals surface area contributed by atoms with Crippen molar-refractivity contribution in [3.05, 3.63) is 12.7 Å². The maximum atomic E-state index is 11.2. The zero-order chi connectivity index (χ0) is 9.84. The summed E-state index contributed by atoms with van der Waals surface area (Å²) in [4.78, 5) is 13.4. The van der Waals surface area contributed by atoms with Crippen molar-refractivity contribution < 1.29 is 4.79 Å². The second-order valence-corrected chi connectivity index (χ2v) is 3.64. The summed E-state index contributed by atoms with van der Waals surface area (Å²) in [7, 11) is 0. The van der Waals surface area contributed by atoms with Crippen molar-refractivity contribution in [2.24, 2.45) is 5.73 Å². The molecule has 13 heavy (non-hydrogen) atoms. The molecule has 0 spiro atoms. The first-order valence-corrected chi connectivity index (χ1v) is 4.79. The molecule has 0 aromatic heterocycles. The highest BCUT2D eigenvalue weighted by molar-refractivity contribution is 5.82. The molecule has 0 aromatic carbocycles. The van der Waals surface area contributed by atoms with Crippen molar-refractivity contribution in [2.45, 2.75) is 31.8 Å². The highest BCUT2D eigenvalue weighted by atomic mass is 16.1. The first-order chi connectivity index (χ1) is 6.19. The monoisotopic (exact) mass is 182 g/mol. The molecule has 0 bridgehead atoms. The lowest BCUT2D eigenvalue weighted by Gasteiger charge is -2.25. The second-order valence-electron chi connectivity index (χ2n) is 3.64. The Hall–Kier alpha value is -0.670. The Kier molecular flexibility index (Phi) is 3.63. The molecule has 0 aliphatic carbocycles. The van der Waals surface area contributed by atoms with E-state index in [9.17, 15) is 4.79 Å². The van der Waals surface area contributed by atoms with Crippen LogP contribution in [0.2, 0.25) is 0 Å². The third kappa shape index (κ3) is 2.39. The fraction of sp³-hybridized carbons (Fsp3) is 0.700. The molecule has 1 aliphatic rings. The standard InChI is InChI=1S/C10H18N2O/c1-3-9-5-4-8(2)12(9)7-10(13)6-11/h3,8-9H,1,4-7,11H2,2H3. The molecule has 0 saturated carbocycles. The van der Waals surface area contributed by atoms with Gasteiger partial charge in [-0.15, -0.1) is 6.58 Å². The van der Waals surface area contributed by atoms with E-state index in [1.165, 1.54) is 0 Å². The summed E-state index contributed by atoms with van der Waals surface area (Å²) >= 11 is 0. The normalized spacial score (nSPS) is 29.1. The van der Waals surface area contributed by atoms with Gasteiger partial charge in [-0.1, -0.05) is 6.08 Å². The van der Waals surface area contributed by atoms with Crippen molar-refractivity contribution in [1.82, 2.24) is 4.90 Å². The summed E-state index contributed by atoms with van der Waals surface area (Å²) in [5.41, 5.74) is 5.28. The minimum absolute atomic E-state index is 0.112. The molecule has 1 rings (SSSR count). The highest BCUT2D eigenvalue weighted by Crippen LogP contribution is 2.23. The molecular formula is C10H18N2O. The van der Waals surface area contributed by atoms with Crippen molar-refractivity contribution >= 4 is 5.78 Å². The van der Waals surface area contributed by atoms with Gasteiger partial charge in [0, 0.05) is 12.1 Å². The van der Waals surface area contributed by atoms with E-state index in [1.807, 2.05) is 6.08 Å². The fourth-order valence-electron chi connectivity index (χ4n) is 1.86. The lowest BCUT2D eigenvalue weighted by Crippen LogP contribution is -2.39. The van der Waals surface area contributed by atoms with E-state index < -0.39 is 0 Å². The van der Waals surface area contributed by atoms with Gasteiger partial charge in [0.05, 0.1) is 13.1 Å². The van der Waals surface area contributed by atoms with Gasteiger partial charge in [0.1, 0.15) is 0 Å². The van der Waals surface area contributed by atoms with E-state index in [1.54, 1.807) is 0 Å². The first-order valence-electron chi connectivity index (χ1n) is 4.79. The first kappa shape index (κ1) is 10.4. The summed E-state index contributed by atoms with van der Waals surface area (Å²) in [6, 6.07) is 0.851. The Bertz CT molecular complexity index is 203. The van der Waals surface area contributed by atoms with Crippen molar-refractivity contribution in [2.75, 3.05) is 13.1 Å². The highest BCUT2D eigenvalue weighted by Gasteiger charge is 2.29. The van der Waals surface area contributed by atoms with Crippen LogP contribution in [0.15, 0.2) is 12.7 Å². The molecule has 0 amide bonds. The van der Waals surface area contributed by atoms with Gasteiger partial charge < -0.3 is 5.73 Å². The minimum Gasteiger partial charge on any atom is -0.324 e. The van der Waals surface area contributed by atoms with Crippen LogP contribution in [-0.2, 0) is 4.79 Å². The molecule has 0 aromatic rings.